The summed E-state index contributed by atoms with van der Waals surface area (Å²) < 4.78 is 26.0. The predicted molar refractivity (Wildman–Crippen MR) is 80.8 cm³/mol. The number of rotatable bonds is 8. The van der Waals surface area contributed by atoms with Gasteiger partial charge < -0.3 is 10.0 Å². The van der Waals surface area contributed by atoms with Gasteiger partial charge in [0.05, 0.1) is 5.92 Å². The Morgan fingerprint density at radius 3 is 2.57 bits per heavy atom. The number of carboxylic acid groups (broad SMARTS) is 1. The third kappa shape index (κ3) is 5.01. The number of halogens is 2. The summed E-state index contributed by atoms with van der Waals surface area (Å²) in [7, 11) is 0. The lowest BCUT2D eigenvalue weighted by atomic mass is 10.1. The number of aryl methyl sites for hydroxylation is 1. The number of amides is 1. The van der Waals surface area contributed by atoms with Crippen molar-refractivity contribution in [2.45, 2.75) is 45.1 Å². The minimum Gasteiger partial charge on any atom is -0.481 e. The molecule has 1 atom stereocenters. The molecule has 6 heteroatoms. The van der Waals surface area contributed by atoms with Crippen molar-refractivity contribution in [1.29, 1.82) is 0 Å². The highest BCUT2D eigenvalue weighted by molar-refractivity contribution is 5.78. The largest absolute Gasteiger partial charge is 0.481 e. The highest BCUT2D eigenvalue weighted by Crippen LogP contribution is 2.28. The maximum absolute atomic E-state index is 13.1. The number of carbonyl (C=O) groups is 2. The summed E-state index contributed by atoms with van der Waals surface area (Å²) in [6.07, 6.45) is 3.12. The molecule has 1 aliphatic carbocycles. The Bertz CT molecular complexity index is 587. The van der Waals surface area contributed by atoms with Gasteiger partial charge in [-0.2, -0.15) is 0 Å². The average Bonchev–Trinajstić information content (AvgIpc) is 3.32. The SMILES string of the molecule is CC(CN(C(=O)CCCc1ccc(F)c(F)c1)C1CC1)C(=O)O. The Labute approximate surface area is 134 Å². The zero-order valence-electron chi connectivity index (χ0n) is 13.1. The molecule has 1 amide bonds. The van der Waals surface area contributed by atoms with Gasteiger partial charge in [0.25, 0.3) is 0 Å². The lowest BCUT2D eigenvalue weighted by Gasteiger charge is -2.24. The van der Waals surface area contributed by atoms with Crippen LogP contribution in [0.3, 0.4) is 0 Å². The first-order chi connectivity index (χ1) is 10.9. The van der Waals surface area contributed by atoms with Crippen LogP contribution >= 0.6 is 0 Å². The summed E-state index contributed by atoms with van der Waals surface area (Å²) in [6.45, 7) is 1.82. The highest BCUT2D eigenvalue weighted by atomic mass is 19.2. The van der Waals surface area contributed by atoms with Crippen molar-refractivity contribution in [3.8, 4) is 0 Å². The minimum absolute atomic E-state index is 0.0665. The van der Waals surface area contributed by atoms with E-state index in [1.807, 2.05) is 0 Å². The number of hydrogen-bond acceptors (Lipinski definition) is 2. The van der Waals surface area contributed by atoms with E-state index in [0.717, 1.165) is 25.0 Å². The average molecular weight is 325 g/mol. The third-order valence-electron chi connectivity index (χ3n) is 4.04. The van der Waals surface area contributed by atoms with Crippen molar-refractivity contribution >= 4 is 11.9 Å². The minimum atomic E-state index is -0.912. The Morgan fingerprint density at radius 1 is 1.30 bits per heavy atom. The molecule has 0 heterocycles. The van der Waals surface area contributed by atoms with Crippen LogP contribution in [0.25, 0.3) is 0 Å². The van der Waals surface area contributed by atoms with Gasteiger partial charge in [-0.3, -0.25) is 9.59 Å². The number of benzene rings is 1. The molecule has 1 aliphatic rings. The molecule has 23 heavy (non-hydrogen) atoms. The summed E-state index contributed by atoms with van der Waals surface area (Å²) in [5.74, 6) is -3.34. The molecule has 1 fully saturated rings. The molecule has 1 N–H and O–H groups in total. The van der Waals surface area contributed by atoms with Crippen LogP contribution in [0.4, 0.5) is 8.78 Å². The van der Waals surface area contributed by atoms with E-state index in [9.17, 15) is 18.4 Å². The van der Waals surface area contributed by atoms with Crippen LogP contribution in [0.15, 0.2) is 18.2 Å². The summed E-state index contributed by atoms with van der Waals surface area (Å²) in [5.41, 5.74) is 0.647. The zero-order chi connectivity index (χ0) is 17.0. The van der Waals surface area contributed by atoms with Crippen LogP contribution < -0.4 is 0 Å². The maximum Gasteiger partial charge on any atom is 0.308 e. The molecule has 1 saturated carbocycles. The van der Waals surface area contributed by atoms with Gasteiger partial charge >= 0.3 is 5.97 Å². The van der Waals surface area contributed by atoms with E-state index in [1.165, 1.54) is 6.07 Å². The third-order valence-corrected chi connectivity index (χ3v) is 4.04. The van der Waals surface area contributed by atoms with E-state index in [-0.39, 0.29) is 24.9 Å². The summed E-state index contributed by atoms with van der Waals surface area (Å²) in [5, 5.41) is 8.98. The maximum atomic E-state index is 13.1. The molecule has 0 aromatic heterocycles. The van der Waals surface area contributed by atoms with Gasteiger partial charge in [-0.1, -0.05) is 13.0 Å². The van der Waals surface area contributed by atoms with Crippen molar-refractivity contribution in [2.24, 2.45) is 5.92 Å². The lowest BCUT2D eigenvalue weighted by molar-refractivity contribution is -0.143. The second-order valence-corrected chi connectivity index (χ2v) is 6.12. The Morgan fingerprint density at radius 2 is 2.00 bits per heavy atom. The monoisotopic (exact) mass is 325 g/mol. The van der Waals surface area contributed by atoms with Gasteiger partial charge in [0.2, 0.25) is 5.91 Å². The summed E-state index contributed by atoms with van der Waals surface area (Å²) >= 11 is 0. The first kappa shape index (κ1) is 17.4. The Balaban J connectivity index is 1.84. The first-order valence-corrected chi connectivity index (χ1v) is 7.84. The molecule has 0 spiro atoms. The van der Waals surface area contributed by atoms with E-state index >= 15 is 0 Å². The van der Waals surface area contributed by atoms with E-state index in [4.69, 9.17) is 5.11 Å². The summed E-state index contributed by atoms with van der Waals surface area (Å²) in [4.78, 5) is 24.9. The zero-order valence-corrected chi connectivity index (χ0v) is 13.1. The van der Waals surface area contributed by atoms with Gasteiger partial charge in [-0.15, -0.1) is 0 Å². The van der Waals surface area contributed by atoms with Crippen molar-refractivity contribution < 1.29 is 23.5 Å². The molecule has 2 rings (SSSR count). The fourth-order valence-electron chi connectivity index (χ4n) is 2.50. The quantitative estimate of drug-likeness (QED) is 0.799. The molecule has 0 aliphatic heterocycles. The number of carboxylic acids is 1. The number of hydrogen-bond donors (Lipinski definition) is 1. The van der Waals surface area contributed by atoms with Gasteiger partial charge in [0.1, 0.15) is 0 Å². The van der Waals surface area contributed by atoms with Gasteiger partial charge in [-0.25, -0.2) is 8.78 Å². The smallest absolute Gasteiger partial charge is 0.308 e. The van der Waals surface area contributed by atoms with E-state index in [0.29, 0.717) is 18.4 Å². The number of nitrogens with zero attached hydrogens (tertiary/aromatic N) is 1. The second kappa shape index (κ2) is 7.53. The molecule has 0 saturated heterocycles. The molecular formula is C17H21F2NO3. The molecular weight excluding hydrogens is 304 g/mol. The molecule has 1 aromatic rings. The van der Waals surface area contributed by atoms with Gasteiger partial charge in [-0.05, 0) is 43.4 Å². The standard InChI is InChI=1S/C17H21F2NO3/c1-11(17(22)23)10-20(13-6-7-13)16(21)4-2-3-12-5-8-14(18)15(19)9-12/h5,8-9,11,13H,2-4,6-7,10H2,1H3,(H,22,23). The Hall–Kier alpha value is -1.98. The highest BCUT2D eigenvalue weighted by Gasteiger charge is 2.33. The van der Waals surface area contributed by atoms with Crippen LogP contribution in [0.2, 0.25) is 0 Å². The molecule has 4 nitrogen and oxygen atoms in total. The molecule has 126 valence electrons. The number of aliphatic carboxylic acids is 1. The van der Waals surface area contributed by atoms with E-state index < -0.39 is 23.5 Å². The van der Waals surface area contributed by atoms with Gasteiger partial charge in [0, 0.05) is 19.0 Å². The Kier molecular flexibility index (Phi) is 5.69. The molecule has 0 radical (unpaired) electrons. The lowest BCUT2D eigenvalue weighted by Crippen LogP contribution is -2.38. The van der Waals surface area contributed by atoms with E-state index in [2.05, 4.69) is 0 Å². The van der Waals surface area contributed by atoms with Crippen LogP contribution in [-0.2, 0) is 16.0 Å². The van der Waals surface area contributed by atoms with Crippen molar-refractivity contribution in [1.82, 2.24) is 4.90 Å². The normalized spacial score (nSPS) is 15.3. The van der Waals surface area contributed by atoms with Crippen molar-refractivity contribution in [3.63, 3.8) is 0 Å². The predicted octanol–water partition coefficient (Wildman–Crippen LogP) is 3.00. The van der Waals surface area contributed by atoms with Crippen LogP contribution in [0.1, 0.15) is 38.2 Å². The van der Waals surface area contributed by atoms with E-state index in [1.54, 1.807) is 11.8 Å². The van der Waals surface area contributed by atoms with Crippen molar-refractivity contribution in [2.75, 3.05) is 6.54 Å². The fraction of sp³-hybridized carbons (Fsp3) is 0.529. The van der Waals surface area contributed by atoms with Gasteiger partial charge in [0.15, 0.2) is 11.6 Å². The fourth-order valence-corrected chi connectivity index (χ4v) is 2.50. The van der Waals surface area contributed by atoms with Crippen LogP contribution in [-0.4, -0.2) is 34.5 Å². The first-order valence-electron chi connectivity index (χ1n) is 7.84. The summed E-state index contributed by atoms with van der Waals surface area (Å²) in [6, 6.07) is 3.89. The molecule has 1 aromatic carbocycles. The second-order valence-electron chi connectivity index (χ2n) is 6.12. The van der Waals surface area contributed by atoms with Crippen LogP contribution in [0, 0.1) is 17.6 Å². The molecule has 1 unspecified atom stereocenters. The number of carbonyl (C=O) groups excluding carboxylic acids is 1. The topological polar surface area (TPSA) is 57.6 Å². The molecule has 0 bridgehead atoms. The van der Waals surface area contributed by atoms with Crippen LogP contribution in [0.5, 0.6) is 0 Å². The van der Waals surface area contributed by atoms with Crippen molar-refractivity contribution in [3.05, 3.63) is 35.4 Å².